The number of nitrogens with two attached hydrogens (primary N) is 1. The van der Waals surface area contributed by atoms with Crippen molar-refractivity contribution in [1.82, 2.24) is 10.3 Å². The van der Waals surface area contributed by atoms with Crippen molar-refractivity contribution < 1.29 is 4.79 Å². The van der Waals surface area contributed by atoms with Gasteiger partial charge in [0.25, 0.3) is 5.91 Å². The maximum atomic E-state index is 11.5. The number of hydrogen-bond acceptors (Lipinski definition) is 3. The molecule has 1 heterocycles. The summed E-state index contributed by atoms with van der Waals surface area (Å²) >= 11 is 0. The summed E-state index contributed by atoms with van der Waals surface area (Å²) in [5.74, 6) is 4.92. The number of rotatable bonds is 3. The fraction of sp³-hybridized carbons (Fsp3) is 0.500. The number of benzene rings is 1. The lowest BCUT2D eigenvalue weighted by atomic mass is 10.1. The molecule has 1 aromatic carbocycles. The normalized spacial score (nSPS) is 17.2. The van der Waals surface area contributed by atoms with Crippen LogP contribution in [0, 0.1) is 0 Å². The van der Waals surface area contributed by atoms with Crippen LogP contribution in [0.4, 0.5) is 0 Å². The molecule has 0 saturated carbocycles. The van der Waals surface area contributed by atoms with E-state index in [1.165, 1.54) is 31.2 Å². The molecule has 1 amide bonds. The fourth-order valence-electron chi connectivity index (χ4n) is 2.45. The number of likely N-dealkylation sites (tertiary alicyclic amines) is 1. The third kappa shape index (κ3) is 3.55. The van der Waals surface area contributed by atoms with Crippen molar-refractivity contribution in [3.8, 4) is 0 Å². The maximum Gasteiger partial charge on any atom is 0.265 e. The molecule has 1 aliphatic heterocycles. The van der Waals surface area contributed by atoms with Crippen LogP contribution in [0.5, 0.6) is 0 Å². The number of hydrazine groups is 1. The van der Waals surface area contributed by atoms with Crippen LogP contribution in [-0.2, 0) is 6.54 Å². The summed E-state index contributed by atoms with van der Waals surface area (Å²) in [5, 5.41) is 0. The van der Waals surface area contributed by atoms with Gasteiger partial charge in [0, 0.05) is 12.1 Å². The van der Waals surface area contributed by atoms with Crippen LogP contribution in [-0.4, -0.2) is 23.9 Å². The first-order valence-corrected chi connectivity index (χ1v) is 6.62. The van der Waals surface area contributed by atoms with Crippen molar-refractivity contribution in [2.45, 2.75) is 32.2 Å². The number of hydrogen-bond donors (Lipinski definition) is 2. The van der Waals surface area contributed by atoms with Gasteiger partial charge in [0.15, 0.2) is 0 Å². The SMILES string of the molecule is NNC(=O)c1cccc(CN2CCCCCC2)c1. The molecule has 0 aromatic heterocycles. The van der Waals surface area contributed by atoms with Gasteiger partial charge in [-0.2, -0.15) is 0 Å². The highest BCUT2D eigenvalue weighted by Gasteiger charge is 2.10. The molecule has 1 fully saturated rings. The Morgan fingerprint density at radius 1 is 1.22 bits per heavy atom. The minimum atomic E-state index is -0.229. The highest BCUT2D eigenvalue weighted by molar-refractivity contribution is 5.93. The van der Waals surface area contributed by atoms with E-state index >= 15 is 0 Å². The Hall–Kier alpha value is -1.39. The average molecular weight is 247 g/mol. The first kappa shape index (κ1) is 13.1. The maximum absolute atomic E-state index is 11.5. The van der Waals surface area contributed by atoms with Crippen LogP contribution >= 0.6 is 0 Å². The fourth-order valence-corrected chi connectivity index (χ4v) is 2.45. The Morgan fingerprint density at radius 3 is 2.61 bits per heavy atom. The van der Waals surface area contributed by atoms with E-state index in [4.69, 9.17) is 5.84 Å². The predicted molar refractivity (Wildman–Crippen MR) is 71.8 cm³/mol. The molecule has 0 spiro atoms. The second kappa shape index (κ2) is 6.52. The number of nitrogens with zero attached hydrogens (tertiary/aromatic N) is 1. The number of amides is 1. The predicted octanol–water partition coefficient (Wildman–Crippen LogP) is 1.67. The highest BCUT2D eigenvalue weighted by Crippen LogP contribution is 2.14. The van der Waals surface area contributed by atoms with E-state index < -0.39 is 0 Å². The molecule has 0 radical (unpaired) electrons. The number of carbonyl (C=O) groups excluding carboxylic acids is 1. The van der Waals surface area contributed by atoms with Gasteiger partial charge in [-0.15, -0.1) is 0 Å². The second-order valence-corrected chi connectivity index (χ2v) is 4.86. The average Bonchev–Trinajstić information content (AvgIpc) is 2.67. The van der Waals surface area contributed by atoms with Crippen LogP contribution in [0.15, 0.2) is 24.3 Å². The van der Waals surface area contributed by atoms with Gasteiger partial charge < -0.3 is 0 Å². The molecule has 1 aromatic rings. The first-order chi connectivity index (χ1) is 8.79. The number of nitrogens with one attached hydrogen (secondary N) is 1. The van der Waals surface area contributed by atoms with E-state index in [1.54, 1.807) is 6.07 Å². The summed E-state index contributed by atoms with van der Waals surface area (Å²) in [6.45, 7) is 3.24. The standard InChI is InChI=1S/C14H21N3O/c15-16-14(18)13-7-5-6-12(10-13)11-17-8-3-1-2-4-9-17/h5-7,10H,1-4,8-9,11,15H2,(H,16,18). The Balaban J connectivity index is 2.01. The Morgan fingerprint density at radius 2 is 1.94 bits per heavy atom. The van der Waals surface area contributed by atoms with E-state index in [2.05, 4.69) is 16.4 Å². The zero-order chi connectivity index (χ0) is 12.8. The van der Waals surface area contributed by atoms with E-state index in [1.807, 2.05) is 12.1 Å². The monoisotopic (exact) mass is 247 g/mol. The lowest BCUT2D eigenvalue weighted by Crippen LogP contribution is -2.30. The molecule has 4 heteroatoms. The summed E-state index contributed by atoms with van der Waals surface area (Å²) in [7, 11) is 0. The quantitative estimate of drug-likeness (QED) is 0.485. The largest absolute Gasteiger partial charge is 0.299 e. The molecule has 98 valence electrons. The van der Waals surface area contributed by atoms with Crippen molar-refractivity contribution in [2.24, 2.45) is 5.84 Å². The van der Waals surface area contributed by atoms with E-state index in [9.17, 15) is 4.79 Å². The number of nitrogen functional groups attached to an aromatic ring is 1. The first-order valence-electron chi connectivity index (χ1n) is 6.62. The summed E-state index contributed by atoms with van der Waals surface area (Å²) in [6, 6.07) is 7.69. The third-order valence-corrected chi connectivity index (χ3v) is 3.43. The molecule has 18 heavy (non-hydrogen) atoms. The van der Waals surface area contributed by atoms with Crippen LogP contribution in [0.2, 0.25) is 0 Å². The van der Waals surface area contributed by atoms with E-state index in [-0.39, 0.29) is 5.91 Å². The van der Waals surface area contributed by atoms with Gasteiger partial charge in [-0.1, -0.05) is 25.0 Å². The van der Waals surface area contributed by atoms with Gasteiger partial charge in [-0.25, -0.2) is 5.84 Å². The van der Waals surface area contributed by atoms with Gasteiger partial charge in [0.05, 0.1) is 0 Å². The second-order valence-electron chi connectivity index (χ2n) is 4.86. The van der Waals surface area contributed by atoms with Gasteiger partial charge >= 0.3 is 0 Å². The van der Waals surface area contributed by atoms with Gasteiger partial charge in [0.2, 0.25) is 0 Å². The molecule has 1 saturated heterocycles. The minimum Gasteiger partial charge on any atom is -0.299 e. The van der Waals surface area contributed by atoms with Crippen LogP contribution < -0.4 is 11.3 Å². The molecule has 1 aliphatic rings. The van der Waals surface area contributed by atoms with E-state index in [0.717, 1.165) is 19.6 Å². The number of carbonyl (C=O) groups is 1. The van der Waals surface area contributed by atoms with Crippen molar-refractivity contribution in [2.75, 3.05) is 13.1 Å². The molecule has 4 nitrogen and oxygen atoms in total. The molecule has 2 rings (SSSR count). The van der Waals surface area contributed by atoms with Crippen LogP contribution in [0.25, 0.3) is 0 Å². The highest BCUT2D eigenvalue weighted by atomic mass is 16.2. The van der Waals surface area contributed by atoms with Crippen molar-refractivity contribution in [3.63, 3.8) is 0 Å². The molecule has 0 atom stereocenters. The molecule has 0 unspecified atom stereocenters. The molecule has 0 bridgehead atoms. The summed E-state index contributed by atoms with van der Waals surface area (Å²) in [6.07, 6.45) is 5.24. The molecule has 3 N–H and O–H groups in total. The Labute approximate surface area is 108 Å². The summed E-state index contributed by atoms with van der Waals surface area (Å²) in [4.78, 5) is 13.9. The molecular weight excluding hydrogens is 226 g/mol. The topological polar surface area (TPSA) is 58.4 Å². The smallest absolute Gasteiger partial charge is 0.265 e. The van der Waals surface area contributed by atoms with Crippen molar-refractivity contribution >= 4 is 5.91 Å². The Kier molecular flexibility index (Phi) is 4.73. The lowest BCUT2D eigenvalue weighted by molar-refractivity contribution is 0.0953. The van der Waals surface area contributed by atoms with Gasteiger partial charge in [0.1, 0.15) is 0 Å². The van der Waals surface area contributed by atoms with Crippen molar-refractivity contribution in [3.05, 3.63) is 35.4 Å². The zero-order valence-corrected chi connectivity index (χ0v) is 10.7. The van der Waals surface area contributed by atoms with Crippen LogP contribution in [0.1, 0.15) is 41.6 Å². The third-order valence-electron chi connectivity index (χ3n) is 3.43. The summed E-state index contributed by atoms with van der Waals surface area (Å²) < 4.78 is 0. The lowest BCUT2D eigenvalue weighted by Gasteiger charge is -2.19. The zero-order valence-electron chi connectivity index (χ0n) is 10.7. The minimum absolute atomic E-state index is 0.229. The van der Waals surface area contributed by atoms with Crippen molar-refractivity contribution in [1.29, 1.82) is 0 Å². The van der Waals surface area contributed by atoms with Gasteiger partial charge in [-0.05, 0) is 43.6 Å². The van der Waals surface area contributed by atoms with E-state index in [0.29, 0.717) is 5.56 Å². The summed E-state index contributed by atoms with van der Waals surface area (Å²) in [5.41, 5.74) is 3.98. The van der Waals surface area contributed by atoms with Crippen LogP contribution in [0.3, 0.4) is 0 Å². The Bertz CT molecular complexity index is 398. The molecular formula is C14H21N3O. The molecule has 0 aliphatic carbocycles. The van der Waals surface area contributed by atoms with Gasteiger partial charge in [-0.3, -0.25) is 15.1 Å².